The number of hydrogen-bond acceptors (Lipinski definition) is 2. The van der Waals surface area contributed by atoms with Gasteiger partial charge in [0, 0.05) is 6.20 Å². The Morgan fingerprint density at radius 3 is 2.90 bits per heavy atom. The Morgan fingerprint density at radius 1 is 1.40 bits per heavy atom. The van der Waals surface area contributed by atoms with E-state index in [2.05, 4.69) is 0 Å². The maximum atomic E-state index is 5.51. The summed E-state index contributed by atoms with van der Waals surface area (Å²) in [6, 6.07) is 3.76. The third kappa shape index (κ3) is 0.500. The van der Waals surface area contributed by atoms with Crippen LogP contribution in [0, 0.1) is 0 Å². The molecule has 0 saturated heterocycles. The maximum absolute atomic E-state index is 5.51. The molecule has 4 nitrogen and oxygen atoms in total. The van der Waals surface area contributed by atoms with E-state index in [1.165, 1.54) is 4.79 Å². The van der Waals surface area contributed by atoms with Crippen molar-refractivity contribution in [1.29, 1.82) is 0 Å². The molecule has 0 unspecified atom stereocenters. The highest BCUT2D eigenvalue weighted by atomic mass is 15.5. The lowest BCUT2D eigenvalue weighted by atomic mass is 10.5. The number of anilines is 1. The molecule has 0 aromatic carbocycles. The molecule has 2 aromatic rings. The summed E-state index contributed by atoms with van der Waals surface area (Å²) >= 11 is 0. The van der Waals surface area contributed by atoms with Gasteiger partial charge in [-0.1, -0.05) is 0 Å². The third-order valence-electron chi connectivity index (χ3n) is 1.50. The fourth-order valence-electron chi connectivity index (χ4n) is 1.04. The molecule has 2 rings (SSSR count). The minimum atomic E-state index is 0.731. The fourth-order valence-corrected chi connectivity index (χ4v) is 1.04. The Kier molecular flexibility index (Phi) is 0.768. The minimum absolute atomic E-state index is 0.731. The second kappa shape index (κ2) is 1.47. The van der Waals surface area contributed by atoms with Gasteiger partial charge in [0.25, 0.3) is 0 Å². The molecule has 2 heterocycles. The van der Waals surface area contributed by atoms with Crippen LogP contribution in [0.15, 0.2) is 24.5 Å². The lowest BCUT2D eigenvalue weighted by Crippen LogP contribution is -2.12. The zero-order chi connectivity index (χ0) is 7.14. The number of fused-ring (bicyclic) bond motifs is 1. The van der Waals surface area contributed by atoms with Gasteiger partial charge in [-0.05, 0) is 12.1 Å². The van der Waals surface area contributed by atoms with Crippen molar-refractivity contribution in [2.75, 3.05) is 11.6 Å². The standard InChI is InChI=1S/C6H8N4/c7-5-3-6-1-2-10(8)9(6)4-5/h1-4H,7-8H2. The number of aromatic nitrogens is 2. The van der Waals surface area contributed by atoms with Gasteiger partial charge in [-0.3, -0.25) is 0 Å². The van der Waals surface area contributed by atoms with E-state index in [4.69, 9.17) is 11.6 Å². The average molecular weight is 136 g/mol. The Bertz CT molecular complexity index is 357. The van der Waals surface area contributed by atoms with Crippen molar-refractivity contribution in [3.05, 3.63) is 24.5 Å². The van der Waals surface area contributed by atoms with Crippen molar-refractivity contribution in [3.8, 4) is 0 Å². The summed E-state index contributed by atoms with van der Waals surface area (Å²) in [6.45, 7) is 0. The molecule has 52 valence electrons. The van der Waals surface area contributed by atoms with Crippen LogP contribution in [0.2, 0.25) is 0 Å². The van der Waals surface area contributed by atoms with Crippen molar-refractivity contribution in [2.24, 2.45) is 0 Å². The summed E-state index contributed by atoms with van der Waals surface area (Å²) in [5.41, 5.74) is 7.26. The molecule has 0 radical (unpaired) electrons. The first-order valence-electron chi connectivity index (χ1n) is 2.97. The maximum Gasteiger partial charge on any atom is 0.0682 e. The van der Waals surface area contributed by atoms with Gasteiger partial charge >= 0.3 is 0 Å². The molecule has 0 aliphatic carbocycles. The highest BCUT2D eigenvalue weighted by Gasteiger charge is 1.96. The summed E-state index contributed by atoms with van der Waals surface area (Å²) in [5.74, 6) is 5.51. The number of nitrogens with two attached hydrogens (primary N) is 2. The zero-order valence-electron chi connectivity index (χ0n) is 5.36. The molecule has 0 amide bonds. The molecular weight excluding hydrogens is 128 g/mol. The predicted octanol–water partition coefficient (Wildman–Crippen LogP) is 0.0368. The number of nitrogens with zero attached hydrogens (tertiary/aromatic N) is 2. The SMILES string of the molecule is Nc1cc2ccn(N)n2c1. The Labute approximate surface area is 57.6 Å². The van der Waals surface area contributed by atoms with E-state index < -0.39 is 0 Å². The van der Waals surface area contributed by atoms with E-state index in [0.29, 0.717) is 0 Å². The van der Waals surface area contributed by atoms with Crippen LogP contribution < -0.4 is 11.6 Å². The molecule has 0 aliphatic rings. The highest BCUT2D eigenvalue weighted by molar-refractivity contribution is 5.57. The third-order valence-corrected chi connectivity index (χ3v) is 1.50. The Balaban J connectivity index is 2.90. The van der Waals surface area contributed by atoms with Gasteiger partial charge in [-0.25, -0.2) is 9.31 Å². The summed E-state index contributed by atoms with van der Waals surface area (Å²) in [7, 11) is 0. The minimum Gasteiger partial charge on any atom is -0.397 e. The second-order valence-corrected chi connectivity index (χ2v) is 2.24. The van der Waals surface area contributed by atoms with Gasteiger partial charge in [0.2, 0.25) is 0 Å². The monoisotopic (exact) mass is 136 g/mol. The van der Waals surface area contributed by atoms with Gasteiger partial charge < -0.3 is 11.6 Å². The van der Waals surface area contributed by atoms with Crippen LogP contribution in [0.5, 0.6) is 0 Å². The molecule has 2 aromatic heterocycles. The molecule has 0 fully saturated rings. The van der Waals surface area contributed by atoms with E-state index in [9.17, 15) is 0 Å². The number of rotatable bonds is 0. The van der Waals surface area contributed by atoms with Gasteiger partial charge in [-0.2, -0.15) is 0 Å². The van der Waals surface area contributed by atoms with Crippen molar-refractivity contribution >= 4 is 11.2 Å². The van der Waals surface area contributed by atoms with E-state index in [0.717, 1.165) is 11.2 Å². The topological polar surface area (TPSA) is 61.4 Å². The van der Waals surface area contributed by atoms with Crippen molar-refractivity contribution in [2.45, 2.75) is 0 Å². The van der Waals surface area contributed by atoms with E-state index in [-0.39, 0.29) is 0 Å². The van der Waals surface area contributed by atoms with Crippen LogP contribution in [0.4, 0.5) is 5.69 Å². The number of hydrogen-bond donors (Lipinski definition) is 2. The van der Waals surface area contributed by atoms with Gasteiger partial charge in [0.15, 0.2) is 0 Å². The zero-order valence-corrected chi connectivity index (χ0v) is 5.36. The molecule has 0 atom stereocenters. The first-order valence-corrected chi connectivity index (χ1v) is 2.97. The van der Waals surface area contributed by atoms with Crippen LogP contribution in [-0.2, 0) is 0 Å². The van der Waals surface area contributed by atoms with Gasteiger partial charge in [-0.15, -0.1) is 0 Å². The summed E-state index contributed by atoms with van der Waals surface area (Å²) < 4.78 is 1.77. The first-order chi connectivity index (χ1) is 4.77. The highest BCUT2D eigenvalue weighted by Crippen LogP contribution is 2.09. The molecule has 0 saturated carbocycles. The van der Waals surface area contributed by atoms with E-state index >= 15 is 0 Å². The fraction of sp³-hybridized carbons (Fsp3) is 0. The summed E-state index contributed by atoms with van der Waals surface area (Å²) in [5, 5.41) is 0. The van der Waals surface area contributed by atoms with E-state index in [1.807, 2.05) is 12.1 Å². The Morgan fingerprint density at radius 2 is 2.20 bits per heavy atom. The van der Waals surface area contributed by atoms with Crippen LogP contribution in [0.1, 0.15) is 0 Å². The molecule has 0 bridgehead atoms. The van der Waals surface area contributed by atoms with Crippen LogP contribution in [0.25, 0.3) is 5.52 Å². The number of nitrogen functional groups attached to an aromatic ring is 2. The smallest absolute Gasteiger partial charge is 0.0682 e. The first kappa shape index (κ1) is 5.22. The molecule has 4 N–H and O–H groups in total. The summed E-state index contributed by atoms with van der Waals surface area (Å²) in [4.78, 5) is 1.48. The predicted molar refractivity (Wildman–Crippen MR) is 39.9 cm³/mol. The van der Waals surface area contributed by atoms with Crippen LogP contribution in [-0.4, -0.2) is 9.31 Å². The van der Waals surface area contributed by atoms with Gasteiger partial charge in [0.1, 0.15) is 0 Å². The molecular formula is C6H8N4. The van der Waals surface area contributed by atoms with Crippen LogP contribution in [0.3, 0.4) is 0 Å². The van der Waals surface area contributed by atoms with Gasteiger partial charge in [0.05, 0.1) is 17.4 Å². The van der Waals surface area contributed by atoms with E-state index in [1.54, 1.807) is 16.9 Å². The normalized spacial score (nSPS) is 10.8. The average Bonchev–Trinajstić information content (AvgIpc) is 2.35. The molecule has 0 spiro atoms. The van der Waals surface area contributed by atoms with Crippen LogP contribution >= 0.6 is 0 Å². The lowest BCUT2D eigenvalue weighted by Gasteiger charge is -1.92. The Hall–Kier alpha value is -1.58. The lowest BCUT2D eigenvalue weighted by molar-refractivity contribution is 0.765. The molecule has 4 heteroatoms. The van der Waals surface area contributed by atoms with Crippen molar-refractivity contribution in [1.82, 2.24) is 9.31 Å². The quantitative estimate of drug-likeness (QED) is 0.502. The van der Waals surface area contributed by atoms with Crippen molar-refractivity contribution < 1.29 is 0 Å². The van der Waals surface area contributed by atoms with Crippen molar-refractivity contribution in [3.63, 3.8) is 0 Å². The summed E-state index contributed by atoms with van der Waals surface area (Å²) in [6.07, 6.45) is 3.55. The largest absolute Gasteiger partial charge is 0.397 e. The molecule has 10 heavy (non-hydrogen) atoms. The molecule has 0 aliphatic heterocycles. The second-order valence-electron chi connectivity index (χ2n) is 2.24.